The fourth-order valence-electron chi connectivity index (χ4n) is 8.79. The Morgan fingerprint density at radius 1 is 0.545 bits per heavy atom. The molecule has 0 N–H and O–H groups in total. The fourth-order valence-corrected chi connectivity index (χ4v) is 10.1. The Labute approximate surface area is 319 Å². The van der Waals surface area contributed by atoms with E-state index in [1.807, 2.05) is 29.5 Å². The highest BCUT2D eigenvalue weighted by Crippen LogP contribution is 2.44. The number of nitrogens with zero attached hydrogens (tertiary/aromatic N) is 2. The Hall–Kier alpha value is -6.82. The second kappa shape index (κ2) is 11.8. The maximum Gasteiger partial charge on any atom is 0.137 e. The molecule has 55 heavy (non-hydrogen) atoms. The number of thiophene rings is 1. The number of hydrogen-bond donors (Lipinski definition) is 0. The molecule has 12 rings (SSSR count). The van der Waals surface area contributed by atoms with Gasteiger partial charge in [-0.05, 0) is 84.3 Å². The molecule has 0 amide bonds. The Kier molecular flexibility index (Phi) is 6.59. The predicted octanol–water partition coefficient (Wildman–Crippen LogP) is 12.5. The molecule has 0 radical (unpaired) electrons. The summed E-state index contributed by atoms with van der Waals surface area (Å²) in [4.78, 5) is 3.70. The van der Waals surface area contributed by atoms with E-state index in [1.54, 1.807) is 0 Å². The van der Waals surface area contributed by atoms with Gasteiger partial charge in [-0.2, -0.15) is 0 Å². The average molecular weight is 725 g/mol. The monoisotopic (exact) mass is 724 g/mol. The normalized spacial score (nSPS) is 14.2. The highest BCUT2D eigenvalue weighted by Gasteiger charge is 2.24. The van der Waals surface area contributed by atoms with E-state index in [1.165, 1.54) is 53.2 Å². The molecule has 1 aliphatic rings. The number of fused-ring (bicyclic) bond motifs is 11. The second-order valence-corrected chi connectivity index (χ2v) is 15.5. The first kappa shape index (κ1) is 30.6. The van der Waals surface area contributed by atoms with Crippen LogP contribution in [0.1, 0.15) is 6.42 Å². The highest BCUT2D eigenvalue weighted by molar-refractivity contribution is 7.25. The van der Waals surface area contributed by atoms with Gasteiger partial charge in [0.2, 0.25) is 0 Å². The van der Waals surface area contributed by atoms with Gasteiger partial charge < -0.3 is 18.3 Å². The molecule has 0 aliphatic heterocycles. The van der Waals surface area contributed by atoms with Crippen LogP contribution in [0.4, 0.5) is 11.4 Å². The van der Waals surface area contributed by atoms with Crippen molar-refractivity contribution < 1.29 is 8.83 Å². The van der Waals surface area contributed by atoms with Gasteiger partial charge >= 0.3 is 0 Å². The van der Waals surface area contributed by atoms with Crippen molar-refractivity contribution in [3.63, 3.8) is 0 Å². The zero-order valence-electron chi connectivity index (χ0n) is 29.6. The molecular formula is C50H32N2O2S. The molecule has 1 atom stereocenters. The van der Waals surface area contributed by atoms with Crippen molar-refractivity contribution in [1.29, 1.82) is 0 Å². The minimum absolute atomic E-state index is 0.0426. The minimum atomic E-state index is 0.0426. The summed E-state index contributed by atoms with van der Waals surface area (Å²) in [7, 11) is 0. The number of para-hydroxylation sites is 4. The first-order valence-electron chi connectivity index (χ1n) is 18.8. The summed E-state index contributed by atoms with van der Waals surface area (Å²) in [6.07, 6.45) is 5.46. The van der Waals surface area contributed by atoms with Crippen LogP contribution >= 0.6 is 11.3 Å². The molecule has 5 heteroatoms. The van der Waals surface area contributed by atoms with E-state index in [4.69, 9.17) is 8.83 Å². The van der Waals surface area contributed by atoms with E-state index in [9.17, 15) is 0 Å². The first-order valence-corrected chi connectivity index (χ1v) is 19.6. The lowest BCUT2D eigenvalue weighted by atomic mass is 10.0. The van der Waals surface area contributed by atoms with Gasteiger partial charge in [-0.15, -0.1) is 11.3 Å². The summed E-state index contributed by atoms with van der Waals surface area (Å²) >= 11 is 1.87. The Balaban J connectivity index is 0.967. The van der Waals surface area contributed by atoms with Gasteiger partial charge in [0.1, 0.15) is 27.0 Å². The summed E-state index contributed by atoms with van der Waals surface area (Å²) in [5.41, 5.74) is 10.6. The van der Waals surface area contributed by atoms with Crippen molar-refractivity contribution in [2.75, 3.05) is 4.90 Å². The summed E-state index contributed by atoms with van der Waals surface area (Å²) in [6.45, 7) is 0. The molecule has 4 aromatic heterocycles. The van der Waals surface area contributed by atoms with E-state index in [0.29, 0.717) is 0 Å². The third-order valence-corrected chi connectivity index (χ3v) is 12.5. The smallest absolute Gasteiger partial charge is 0.137 e. The summed E-state index contributed by atoms with van der Waals surface area (Å²) in [5.74, 6) is 0. The molecule has 0 spiro atoms. The topological polar surface area (TPSA) is 34.5 Å². The molecule has 1 aliphatic carbocycles. The van der Waals surface area contributed by atoms with Crippen molar-refractivity contribution in [3.8, 4) is 16.8 Å². The van der Waals surface area contributed by atoms with Gasteiger partial charge in [-0.25, -0.2) is 0 Å². The third-order valence-electron chi connectivity index (χ3n) is 11.3. The maximum absolute atomic E-state index is 6.40. The van der Waals surface area contributed by atoms with Crippen molar-refractivity contribution in [1.82, 2.24) is 4.57 Å². The molecule has 4 nitrogen and oxygen atoms in total. The number of aromatic nitrogens is 1. The lowest BCUT2D eigenvalue weighted by Gasteiger charge is -2.32. The van der Waals surface area contributed by atoms with Crippen LogP contribution in [-0.2, 0) is 0 Å². The van der Waals surface area contributed by atoms with Gasteiger partial charge in [0, 0.05) is 65.4 Å². The van der Waals surface area contributed by atoms with Gasteiger partial charge in [0.15, 0.2) is 0 Å². The number of benzene rings is 7. The van der Waals surface area contributed by atoms with E-state index in [-0.39, 0.29) is 6.04 Å². The molecule has 0 fully saturated rings. The third kappa shape index (κ3) is 4.70. The Morgan fingerprint density at radius 2 is 1.22 bits per heavy atom. The molecular weight excluding hydrogens is 693 g/mol. The maximum atomic E-state index is 6.40. The molecule has 7 aromatic carbocycles. The fraction of sp³-hybridized carbons (Fsp3) is 0.0400. The van der Waals surface area contributed by atoms with Crippen molar-refractivity contribution >= 4 is 99.0 Å². The molecule has 0 saturated heterocycles. The molecule has 0 bridgehead atoms. The van der Waals surface area contributed by atoms with Crippen LogP contribution in [0.5, 0.6) is 0 Å². The largest absolute Gasteiger partial charge is 0.456 e. The van der Waals surface area contributed by atoms with Gasteiger partial charge in [0.05, 0.1) is 11.6 Å². The Bertz CT molecular complexity index is 3420. The molecule has 4 heterocycles. The van der Waals surface area contributed by atoms with Crippen LogP contribution in [0, 0.1) is 0 Å². The standard InChI is InChI=1S/C50H32N2O2S/c1-2-10-33(11-3-1)52-43-15-7-4-14-41(43)49-42-25-20-32(28-48(42)55-50(49)52)31-18-21-34(22-19-31)51(35-23-26-39-37-12-5-8-16-44(37)53-46(39)29-35)36-24-27-40-38-13-6-9-17-45(38)54-47(40)30-36/h1-23,25-30,36H,24H2. The van der Waals surface area contributed by atoms with E-state index in [0.717, 1.165) is 56.1 Å². The van der Waals surface area contributed by atoms with E-state index in [2.05, 4.69) is 167 Å². The van der Waals surface area contributed by atoms with Gasteiger partial charge in [0.25, 0.3) is 0 Å². The van der Waals surface area contributed by atoms with Crippen LogP contribution < -0.4 is 15.5 Å². The quantitative estimate of drug-likeness (QED) is 0.177. The zero-order chi connectivity index (χ0) is 36.0. The lowest BCUT2D eigenvalue weighted by molar-refractivity contribution is 0.568. The van der Waals surface area contributed by atoms with Crippen molar-refractivity contribution in [3.05, 3.63) is 174 Å². The summed E-state index contributed by atoms with van der Waals surface area (Å²) < 4.78 is 16.5. The molecule has 0 saturated carbocycles. The van der Waals surface area contributed by atoms with Crippen LogP contribution in [0.3, 0.4) is 0 Å². The van der Waals surface area contributed by atoms with Crippen LogP contribution in [0.15, 0.2) is 173 Å². The SMILES string of the molecule is C1=c2oc3ccccc3c2=CCC1N(c1ccc(-c2ccc3c(c2)sc2c3c3ccccc3n2-c2ccccc2)cc1)c1ccc2c(c1)oc1ccccc12. The predicted molar refractivity (Wildman–Crippen MR) is 230 cm³/mol. The average Bonchev–Trinajstić information content (AvgIpc) is 3.99. The van der Waals surface area contributed by atoms with E-state index >= 15 is 0 Å². The minimum Gasteiger partial charge on any atom is -0.456 e. The lowest BCUT2D eigenvalue weighted by Crippen LogP contribution is -2.36. The number of rotatable bonds is 5. The first-order chi connectivity index (χ1) is 27.2. The van der Waals surface area contributed by atoms with Gasteiger partial charge in [-0.3, -0.25) is 0 Å². The van der Waals surface area contributed by atoms with Crippen molar-refractivity contribution in [2.24, 2.45) is 0 Å². The van der Waals surface area contributed by atoms with E-state index < -0.39 is 0 Å². The second-order valence-electron chi connectivity index (χ2n) is 14.4. The van der Waals surface area contributed by atoms with Crippen LogP contribution in [-0.4, -0.2) is 10.6 Å². The van der Waals surface area contributed by atoms with Crippen LogP contribution in [0.2, 0.25) is 0 Å². The number of furan rings is 2. The summed E-state index contributed by atoms with van der Waals surface area (Å²) in [6, 6.07) is 58.7. The van der Waals surface area contributed by atoms with Gasteiger partial charge in [-0.1, -0.05) is 103 Å². The molecule has 260 valence electrons. The molecule has 11 aromatic rings. The van der Waals surface area contributed by atoms with Crippen molar-refractivity contribution in [2.45, 2.75) is 12.5 Å². The number of hydrogen-bond acceptors (Lipinski definition) is 4. The highest BCUT2D eigenvalue weighted by atomic mass is 32.1. The molecule has 1 unspecified atom stereocenters. The van der Waals surface area contributed by atoms with Crippen LogP contribution in [0.25, 0.3) is 93.1 Å². The Morgan fingerprint density at radius 3 is 2.07 bits per heavy atom. The number of anilines is 2. The zero-order valence-corrected chi connectivity index (χ0v) is 30.5. The summed E-state index contributed by atoms with van der Waals surface area (Å²) in [5, 5.41) is 8.51.